The maximum atomic E-state index is 13.0. The SMILES string of the molecule is CCN(Cc1ccc(C(=O)Nc2nc3c(OC)ccc(-c4ccccc4)c3s2)cc1)C1CCCCN1.Cl. The summed E-state index contributed by atoms with van der Waals surface area (Å²) in [5, 5.41) is 7.18. The highest BCUT2D eigenvalue weighted by molar-refractivity contribution is 7.23. The van der Waals surface area contributed by atoms with Gasteiger partial charge in [-0.15, -0.1) is 12.4 Å². The van der Waals surface area contributed by atoms with Gasteiger partial charge in [0.15, 0.2) is 5.13 Å². The second-order valence-corrected chi connectivity index (χ2v) is 10.1. The van der Waals surface area contributed by atoms with Crippen LogP contribution in [0.1, 0.15) is 42.1 Å². The number of carbonyl (C=O) groups is 1. The number of fused-ring (bicyclic) bond motifs is 1. The molecule has 1 aliphatic rings. The highest BCUT2D eigenvalue weighted by Gasteiger charge is 2.20. The van der Waals surface area contributed by atoms with Crippen LogP contribution in [0.4, 0.5) is 5.13 Å². The number of rotatable bonds is 8. The van der Waals surface area contributed by atoms with Crippen molar-refractivity contribution in [2.45, 2.75) is 38.9 Å². The second-order valence-electron chi connectivity index (χ2n) is 9.06. The van der Waals surface area contributed by atoms with E-state index in [1.54, 1.807) is 7.11 Å². The number of hydrogen-bond acceptors (Lipinski definition) is 6. The molecule has 2 heterocycles. The first-order valence-corrected chi connectivity index (χ1v) is 13.4. The van der Waals surface area contributed by atoms with Crippen LogP contribution in [-0.4, -0.2) is 42.2 Å². The molecule has 6 nitrogen and oxygen atoms in total. The predicted octanol–water partition coefficient (Wildman–Crippen LogP) is 6.57. The summed E-state index contributed by atoms with van der Waals surface area (Å²) >= 11 is 1.46. The number of anilines is 1. The van der Waals surface area contributed by atoms with Gasteiger partial charge in [0.2, 0.25) is 0 Å². The minimum Gasteiger partial charge on any atom is -0.494 e. The predicted molar refractivity (Wildman–Crippen MR) is 155 cm³/mol. The molecule has 2 N–H and O–H groups in total. The zero-order valence-corrected chi connectivity index (χ0v) is 22.8. The summed E-state index contributed by atoms with van der Waals surface area (Å²) in [6.45, 7) is 5.15. The molecule has 0 saturated carbocycles. The Morgan fingerprint density at radius 1 is 1.11 bits per heavy atom. The molecule has 1 amide bonds. The molecule has 1 aromatic heterocycles. The Hall–Kier alpha value is -2.97. The molecule has 8 heteroatoms. The number of piperidine rings is 1. The molecule has 1 saturated heterocycles. The molecule has 1 unspecified atom stereocenters. The van der Waals surface area contributed by atoms with Gasteiger partial charge in [-0.2, -0.15) is 0 Å². The van der Waals surface area contributed by atoms with E-state index in [9.17, 15) is 4.79 Å². The number of amides is 1. The van der Waals surface area contributed by atoms with Crippen LogP contribution in [0.5, 0.6) is 5.75 Å². The van der Waals surface area contributed by atoms with Crippen molar-refractivity contribution in [1.29, 1.82) is 0 Å². The normalized spacial score (nSPS) is 15.4. The van der Waals surface area contributed by atoms with E-state index in [2.05, 4.69) is 46.7 Å². The lowest BCUT2D eigenvalue weighted by molar-refractivity contribution is 0.102. The molecule has 1 atom stereocenters. The average Bonchev–Trinajstić information content (AvgIpc) is 3.36. The van der Waals surface area contributed by atoms with Crippen LogP contribution in [0.15, 0.2) is 66.7 Å². The molecular formula is C29H33ClN4O2S. The van der Waals surface area contributed by atoms with Gasteiger partial charge >= 0.3 is 0 Å². The Kier molecular flexibility index (Phi) is 9.16. The van der Waals surface area contributed by atoms with Crippen LogP contribution in [-0.2, 0) is 6.54 Å². The first kappa shape index (κ1) is 27.1. The van der Waals surface area contributed by atoms with Gasteiger partial charge in [-0.25, -0.2) is 4.98 Å². The van der Waals surface area contributed by atoms with E-state index >= 15 is 0 Å². The van der Waals surface area contributed by atoms with Gasteiger partial charge in [-0.3, -0.25) is 15.0 Å². The minimum atomic E-state index is -0.165. The van der Waals surface area contributed by atoms with Crippen molar-refractivity contribution in [3.8, 4) is 16.9 Å². The fraction of sp³-hybridized carbons (Fsp3) is 0.310. The third kappa shape index (κ3) is 6.13. The number of nitrogens with one attached hydrogen (secondary N) is 2. The summed E-state index contributed by atoms with van der Waals surface area (Å²) in [6, 6.07) is 22.1. The third-order valence-electron chi connectivity index (χ3n) is 6.76. The Morgan fingerprint density at radius 3 is 2.57 bits per heavy atom. The largest absolute Gasteiger partial charge is 0.494 e. The topological polar surface area (TPSA) is 66.5 Å². The average molecular weight is 537 g/mol. The van der Waals surface area contributed by atoms with Crippen molar-refractivity contribution >= 4 is 45.0 Å². The monoisotopic (exact) mass is 536 g/mol. The quantitative estimate of drug-likeness (QED) is 0.267. The first-order valence-electron chi connectivity index (χ1n) is 12.6. The number of thiazole rings is 1. The number of hydrogen-bond donors (Lipinski definition) is 2. The van der Waals surface area contributed by atoms with Crippen LogP contribution >= 0.6 is 23.7 Å². The molecule has 37 heavy (non-hydrogen) atoms. The standard InChI is InChI=1S/C29H32N4O2S.ClH/c1-3-33(25-11-7-8-18-30-25)19-20-12-14-22(15-13-20)28(34)32-29-31-26-24(35-2)17-16-23(27(26)36-29)21-9-5-4-6-10-21;/h4-6,9-10,12-17,25,30H,3,7-8,11,18-19H2,1-2H3,(H,31,32,34);1H. The molecule has 194 valence electrons. The number of nitrogens with zero attached hydrogens (tertiary/aromatic N) is 2. The van der Waals surface area contributed by atoms with E-state index in [-0.39, 0.29) is 18.3 Å². The highest BCUT2D eigenvalue weighted by Crippen LogP contribution is 2.39. The molecule has 0 spiro atoms. The lowest BCUT2D eigenvalue weighted by atomic mass is 10.1. The van der Waals surface area contributed by atoms with Crippen LogP contribution in [0, 0.1) is 0 Å². The van der Waals surface area contributed by atoms with Crippen molar-refractivity contribution in [3.05, 3.63) is 77.9 Å². The van der Waals surface area contributed by atoms with Crippen LogP contribution in [0.3, 0.4) is 0 Å². The van der Waals surface area contributed by atoms with E-state index in [1.165, 1.54) is 36.2 Å². The summed E-state index contributed by atoms with van der Waals surface area (Å²) in [7, 11) is 1.64. The fourth-order valence-electron chi connectivity index (χ4n) is 4.80. The van der Waals surface area contributed by atoms with Crippen molar-refractivity contribution in [1.82, 2.24) is 15.2 Å². The molecule has 1 fully saturated rings. The maximum absolute atomic E-state index is 13.0. The van der Waals surface area contributed by atoms with Crippen molar-refractivity contribution in [2.24, 2.45) is 0 Å². The Balaban J connectivity index is 0.00000320. The lowest BCUT2D eigenvalue weighted by Crippen LogP contribution is -2.47. The molecule has 3 aromatic carbocycles. The molecule has 5 rings (SSSR count). The number of ether oxygens (including phenoxy) is 1. The van der Waals surface area contributed by atoms with Gasteiger partial charge in [-0.1, -0.05) is 60.7 Å². The van der Waals surface area contributed by atoms with E-state index in [4.69, 9.17) is 9.72 Å². The van der Waals surface area contributed by atoms with E-state index in [0.717, 1.165) is 41.0 Å². The molecule has 4 aromatic rings. The number of carbonyl (C=O) groups excluding carboxylic acids is 1. The molecule has 0 radical (unpaired) electrons. The number of benzene rings is 3. The van der Waals surface area contributed by atoms with Gasteiger partial charge in [0.25, 0.3) is 5.91 Å². The Bertz CT molecular complexity index is 1320. The molecule has 1 aliphatic heterocycles. The Labute approximate surface area is 228 Å². The second kappa shape index (κ2) is 12.5. The van der Waals surface area contributed by atoms with Crippen molar-refractivity contribution in [3.63, 3.8) is 0 Å². The van der Waals surface area contributed by atoms with Gasteiger partial charge in [0, 0.05) is 17.7 Å². The van der Waals surface area contributed by atoms with Crippen LogP contribution < -0.4 is 15.4 Å². The summed E-state index contributed by atoms with van der Waals surface area (Å²) in [5.41, 5.74) is 4.75. The summed E-state index contributed by atoms with van der Waals surface area (Å²) in [6.07, 6.45) is 4.15. The molecular weight excluding hydrogens is 504 g/mol. The molecule has 0 bridgehead atoms. The van der Waals surface area contributed by atoms with E-state index in [0.29, 0.717) is 22.6 Å². The smallest absolute Gasteiger partial charge is 0.257 e. The number of methoxy groups -OCH3 is 1. The van der Waals surface area contributed by atoms with Gasteiger partial charge < -0.3 is 10.1 Å². The van der Waals surface area contributed by atoms with Gasteiger partial charge in [0.05, 0.1) is 18.0 Å². The summed E-state index contributed by atoms with van der Waals surface area (Å²) in [5.74, 6) is 0.529. The van der Waals surface area contributed by atoms with Gasteiger partial charge in [0.1, 0.15) is 11.3 Å². The number of aromatic nitrogens is 1. The summed E-state index contributed by atoms with van der Waals surface area (Å²) in [4.78, 5) is 20.2. The lowest BCUT2D eigenvalue weighted by Gasteiger charge is -2.34. The zero-order chi connectivity index (χ0) is 24.9. The maximum Gasteiger partial charge on any atom is 0.257 e. The van der Waals surface area contributed by atoms with E-state index < -0.39 is 0 Å². The van der Waals surface area contributed by atoms with E-state index in [1.807, 2.05) is 42.5 Å². The van der Waals surface area contributed by atoms with Crippen molar-refractivity contribution < 1.29 is 9.53 Å². The third-order valence-corrected chi connectivity index (χ3v) is 7.77. The highest BCUT2D eigenvalue weighted by atomic mass is 35.5. The van der Waals surface area contributed by atoms with Crippen LogP contribution in [0.2, 0.25) is 0 Å². The minimum absolute atomic E-state index is 0. The zero-order valence-electron chi connectivity index (χ0n) is 21.2. The van der Waals surface area contributed by atoms with Crippen LogP contribution in [0.25, 0.3) is 21.3 Å². The first-order chi connectivity index (χ1) is 17.7. The Morgan fingerprint density at radius 2 is 1.89 bits per heavy atom. The molecule has 0 aliphatic carbocycles. The van der Waals surface area contributed by atoms with Gasteiger partial charge in [-0.05, 0) is 67.7 Å². The number of halogens is 1. The van der Waals surface area contributed by atoms with Crippen molar-refractivity contribution in [2.75, 3.05) is 25.5 Å². The fourth-order valence-corrected chi connectivity index (χ4v) is 5.81. The summed E-state index contributed by atoms with van der Waals surface area (Å²) < 4.78 is 6.53.